The highest BCUT2D eigenvalue weighted by Crippen LogP contribution is 2.31. The molecule has 2 rings (SSSR count). The Bertz CT molecular complexity index is 431. The minimum Gasteiger partial charge on any atom is -0.370 e. The van der Waals surface area contributed by atoms with Crippen LogP contribution in [0.4, 0.5) is 5.69 Å². The lowest BCUT2D eigenvalue weighted by atomic mass is 9.96. The van der Waals surface area contributed by atoms with Crippen LogP contribution >= 0.6 is 11.6 Å². The van der Waals surface area contributed by atoms with Gasteiger partial charge in [0.15, 0.2) is 0 Å². The van der Waals surface area contributed by atoms with Gasteiger partial charge >= 0.3 is 0 Å². The van der Waals surface area contributed by atoms with Crippen molar-refractivity contribution < 1.29 is 0 Å². The molecule has 0 amide bonds. The van der Waals surface area contributed by atoms with Gasteiger partial charge in [0.1, 0.15) is 0 Å². The summed E-state index contributed by atoms with van der Waals surface area (Å²) >= 11 is 6.46. The number of rotatable bonds is 4. The van der Waals surface area contributed by atoms with Crippen LogP contribution in [0.15, 0.2) is 18.2 Å². The van der Waals surface area contributed by atoms with Crippen LogP contribution in [0.3, 0.4) is 0 Å². The lowest BCUT2D eigenvalue weighted by Gasteiger charge is -2.24. The Morgan fingerprint density at radius 1 is 1.35 bits per heavy atom. The second kappa shape index (κ2) is 7.33. The first-order valence-corrected chi connectivity index (χ1v) is 8.29. The summed E-state index contributed by atoms with van der Waals surface area (Å²) in [5.74, 6) is 0.895. The molecule has 1 aromatic rings. The Morgan fingerprint density at radius 2 is 2.15 bits per heavy atom. The molecule has 20 heavy (non-hydrogen) atoms. The summed E-state index contributed by atoms with van der Waals surface area (Å²) in [5, 5.41) is 0.841. The van der Waals surface area contributed by atoms with E-state index in [-0.39, 0.29) is 6.04 Å². The molecule has 1 fully saturated rings. The fraction of sp³-hybridized carbons (Fsp3) is 0.647. The van der Waals surface area contributed by atoms with Gasteiger partial charge in [0, 0.05) is 19.1 Å². The molecule has 3 heteroatoms. The van der Waals surface area contributed by atoms with Gasteiger partial charge in [0.25, 0.3) is 0 Å². The Morgan fingerprint density at radius 3 is 2.80 bits per heavy atom. The molecule has 2 nitrogen and oxygen atoms in total. The van der Waals surface area contributed by atoms with Crippen LogP contribution in [-0.4, -0.2) is 13.1 Å². The van der Waals surface area contributed by atoms with Crippen molar-refractivity contribution >= 4 is 17.3 Å². The van der Waals surface area contributed by atoms with Crippen LogP contribution in [0.1, 0.15) is 57.6 Å². The number of benzene rings is 1. The maximum Gasteiger partial charge on any atom is 0.0642 e. The molecule has 0 aliphatic carbocycles. The first-order valence-electron chi connectivity index (χ1n) is 7.91. The van der Waals surface area contributed by atoms with E-state index in [0.717, 1.165) is 29.6 Å². The molecule has 2 atom stereocenters. The highest BCUT2D eigenvalue weighted by Gasteiger charge is 2.18. The summed E-state index contributed by atoms with van der Waals surface area (Å²) in [5.41, 5.74) is 8.20. The maximum atomic E-state index is 6.46. The Labute approximate surface area is 128 Å². The first kappa shape index (κ1) is 15.7. The number of nitrogens with two attached hydrogens (primary N) is 1. The largest absolute Gasteiger partial charge is 0.370 e. The summed E-state index contributed by atoms with van der Waals surface area (Å²) < 4.78 is 0. The van der Waals surface area contributed by atoms with E-state index in [1.165, 1.54) is 37.8 Å². The van der Waals surface area contributed by atoms with Crippen molar-refractivity contribution in [3.05, 3.63) is 28.8 Å². The number of hydrogen-bond acceptors (Lipinski definition) is 2. The molecule has 1 heterocycles. The molecule has 0 radical (unpaired) electrons. The number of hydrogen-bond donors (Lipinski definition) is 1. The van der Waals surface area contributed by atoms with E-state index in [2.05, 4.69) is 24.0 Å². The number of halogens is 1. The molecule has 1 aliphatic heterocycles. The van der Waals surface area contributed by atoms with Crippen LogP contribution in [0.2, 0.25) is 5.02 Å². The van der Waals surface area contributed by atoms with Crippen molar-refractivity contribution in [2.45, 2.75) is 52.0 Å². The molecule has 0 spiro atoms. The van der Waals surface area contributed by atoms with Gasteiger partial charge in [0.2, 0.25) is 0 Å². The lowest BCUT2D eigenvalue weighted by molar-refractivity contribution is 0.435. The lowest BCUT2D eigenvalue weighted by Crippen LogP contribution is -2.24. The average Bonchev–Trinajstić information content (AvgIpc) is 2.65. The zero-order valence-electron chi connectivity index (χ0n) is 12.7. The van der Waals surface area contributed by atoms with Crippen LogP contribution < -0.4 is 10.6 Å². The van der Waals surface area contributed by atoms with E-state index in [9.17, 15) is 0 Å². The summed E-state index contributed by atoms with van der Waals surface area (Å²) in [6.45, 7) is 6.53. The van der Waals surface area contributed by atoms with E-state index >= 15 is 0 Å². The van der Waals surface area contributed by atoms with Crippen molar-refractivity contribution in [3.63, 3.8) is 0 Å². The Kier molecular flexibility index (Phi) is 5.74. The normalized spacial score (nSPS) is 21.6. The molecule has 1 unspecified atom stereocenters. The van der Waals surface area contributed by atoms with Crippen molar-refractivity contribution in [2.24, 2.45) is 11.7 Å². The predicted octanol–water partition coefficient (Wildman–Crippen LogP) is 4.77. The van der Waals surface area contributed by atoms with Gasteiger partial charge in [0.05, 0.1) is 10.7 Å². The van der Waals surface area contributed by atoms with Gasteiger partial charge in [-0.3, -0.25) is 0 Å². The predicted molar refractivity (Wildman–Crippen MR) is 88.5 cm³/mol. The molecule has 1 saturated heterocycles. The molecule has 0 bridgehead atoms. The molecular formula is C17H27ClN2. The third kappa shape index (κ3) is 3.89. The van der Waals surface area contributed by atoms with Crippen LogP contribution in [-0.2, 0) is 0 Å². The zero-order chi connectivity index (χ0) is 14.5. The number of anilines is 1. The molecule has 2 N–H and O–H groups in total. The highest BCUT2D eigenvalue weighted by molar-refractivity contribution is 6.33. The topological polar surface area (TPSA) is 29.3 Å². The highest BCUT2D eigenvalue weighted by atomic mass is 35.5. The van der Waals surface area contributed by atoms with Crippen LogP contribution in [0.25, 0.3) is 0 Å². The van der Waals surface area contributed by atoms with Crippen molar-refractivity contribution in [1.29, 1.82) is 0 Å². The second-order valence-corrected chi connectivity index (χ2v) is 6.48. The summed E-state index contributed by atoms with van der Waals surface area (Å²) in [6.07, 6.45) is 6.59. The second-order valence-electron chi connectivity index (χ2n) is 6.07. The smallest absolute Gasteiger partial charge is 0.0642 e. The van der Waals surface area contributed by atoms with E-state index in [1.54, 1.807) is 0 Å². The van der Waals surface area contributed by atoms with Crippen LogP contribution in [0, 0.1) is 5.92 Å². The monoisotopic (exact) mass is 294 g/mol. The third-order valence-electron chi connectivity index (χ3n) is 4.38. The molecular weight excluding hydrogens is 268 g/mol. The van der Waals surface area contributed by atoms with E-state index in [1.807, 2.05) is 13.0 Å². The summed E-state index contributed by atoms with van der Waals surface area (Å²) in [7, 11) is 0. The standard InChI is InChI=1S/C17H27ClN2/c1-3-5-14-6-4-10-20(11-9-14)17-8-7-15(13(2)19)12-16(17)18/h7-8,12-14H,3-6,9-11,19H2,1-2H3/t13-,14?/m1/s1. The fourth-order valence-corrected chi connectivity index (χ4v) is 3.47. The van der Waals surface area contributed by atoms with E-state index in [0.29, 0.717) is 0 Å². The van der Waals surface area contributed by atoms with Crippen molar-refractivity contribution in [3.8, 4) is 0 Å². The fourth-order valence-electron chi connectivity index (χ4n) is 3.17. The average molecular weight is 295 g/mol. The van der Waals surface area contributed by atoms with E-state index < -0.39 is 0 Å². The molecule has 1 aliphatic rings. The molecule has 0 saturated carbocycles. The Balaban J connectivity index is 2.07. The van der Waals surface area contributed by atoms with Gasteiger partial charge in [-0.2, -0.15) is 0 Å². The SMILES string of the molecule is CCCC1CCCN(c2ccc([C@@H](C)N)cc2Cl)CC1. The van der Waals surface area contributed by atoms with Gasteiger partial charge in [-0.25, -0.2) is 0 Å². The minimum absolute atomic E-state index is 0.0413. The van der Waals surface area contributed by atoms with Crippen molar-refractivity contribution in [2.75, 3.05) is 18.0 Å². The maximum absolute atomic E-state index is 6.46. The van der Waals surface area contributed by atoms with Gasteiger partial charge < -0.3 is 10.6 Å². The quantitative estimate of drug-likeness (QED) is 0.867. The third-order valence-corrected chi connectivity index (χ3v) is 4.69. The van der Waals surface area contributed by atoms with Gasteiger partial charge in [-0.05, 0) is 49.8 Å². The molecule has 0 aromatic heterocycles. The van der Waals surface area contributed by atoms with Crippen molar-refractivity contribution in [1.82, 2.24) is 0 Å². The first-order chi connectivity index (χ1) is 9.61. The summed E-state index contributed by atoms with van der Waals surface area (Å²) in [6, 6.07) is 6.32. The summed E-state index contributed by atoms with van der Waals surface area (Å²) in [4.78, 5) is 2.45. The molecule has 112 valence electrons. The van der Waals surface area contributed by atoms with Gasteiger partial charge in [-0.15, -0.1) is 0 Å². The number of nitrogens with zero attached hydrogens (tertiary/aromatic N) is 1. The Hall–Kier alpha value is -0.730. The van der Waals surface area contributed by atoms with Gasteiger partial charge in [-0.1, -0.05) is 37.4 Å². The zero-order valence-corrected chi connectivity index (χ0v) is 13.5. The molecule has 1 aromatic carbocycles. The van der Waals surface area contributed by atoms with Crippen LogP contribution in [0.5, 0.6) is 0 Å². The van der Waals surface area contributed by atoms with E-state index in [4.69, 9.17) is 17.3 Å². The minimum atomic E-state index is 0.0413.